The van der Waals surface area contributed by atoms with Crippen LogP contribution in [0.1, 0.15) is 167 Å². The van der Waals surface area contributed by atoms with Gasteiger partial charge < -0.3 is 42.6 Å². The molecule has 1 N–H and O–H groups in total. The molecule has 30 heteroatoms. The number of Topliss-reactive ketones (excluding diaryl/α,β-unsaturated/α-hetero) is 2. The van der Waals surface area contributed by atoms with E-state index in [1.807, 2.05) is 0 Å². The molecule has 5 rings (SSSR count). The minimum Gasteiger partial charge on any atom is -0.459 e. The van der Waals surface area contributed by atoms with Gasteiger partial charge in [-0.25, -0.2) is 37.4 Å². The van der Waals surface area contributed by atoms with E-state index < -0.39 is 153 Å². The summed E-state index contributed by atoms with van der Waals surface area (Å²) in [5.74, 6) is -4.82. The summed E-state index contributed by atoms with van der Waals surface area (Å²) in [5, 5.41) is 2.53. The molecule has 0 unspecified atom stereocenters. The lowest BCUT2D eigenvalue weighted by Gasteiger charge is -2.34. The monoisotopic (exact) mass is 1510 g/mol. The van der Waals surface area contributed by atoms with E-state index in [1.54, 1.807) is 143 Å². The van der Waals surface area contributed by atoms with Crippen molar-refractivity contribution < 1.29 is 103 Å². The van der Waals surface area contributed by atoms with Crippen LogP contribution in [-0.4, -0.2) is 175 Å². The molecule has 0 saturated heterocycles. The summed E-state index contributed by atoms with van der Waals surface area (Å²) in [4.78, 5) is 127. The van der Waals surface area contributed by atoms with Crippen LogP contribution in [0.3, 0.4) is 0 Å². The molecule has 0 spiro atoms. The van der Waals surface area contributed by atoms with Crippen LogP contribution in [0.25, 0.3) is 0 Å². The first-order chi connectivity index (χ1) is 49.3. The molecule has 2 atom stereocenters. The highest BCUT2D eigenvalue weighted by atomic mass is 32.2. The van der Waals surface area contributed by atoms with E-state index in [0.29, 0.717) is 37.6 Å². The fourth-order valence-electron chi connectivity index (χ4n) is 9.73. The van der Waals surface area contributed by atoms with Gasteiger partial charge in [-0.3, -0.25) is 24.5 Å². The number of sulfonamides is 1. The topological polar surface area (TPSA) is 351 Å². The smallest absolute Gasteiger partial charge is 0.434 e. The van der Waals surface area contributed by atoms with Gasteiger partial charge in [0.2, 0.25) is 10.0 Å². The molecule has 5 aromatic rings. The standard InChI is InChI=1S/C76H98N6O22S2/c1-51(77-70(89)103-75(11,12)13)46-56-22-28-59(29-23-56)66(85)99-62-34-24-55(25-35-62)38-45-105(92,93)80(64(47-52(2)83)68(87)101-73(5,6)7)39-41-96-43-44-97-42-40-81(65(48-53(3)84)69(88)102-74(8,9)10)106(94,95)82(72(91)98-50-58-20-18-17-19-21-58)49-57-26-36-63(37-27-57)100-67(86)60-30-32-61(33-31-60)78-54(4)79-71(90)104-76(14,15)16/h17-37,64-65H,38-50H2,1-16H3,(H,78,79,90)/t64-,65-/m0/s1. The van der Waals surface area contributed by atoms with Crippen LogP contribution in [0.2, 0.25) is 0 Å². The second-order valence-electron chi connectivity index (χ2n) is 28.6. The number of alkyl carbamates (subject to hydrolysis) is 1. The van der Waals surface area contributed by atoms with E-state index in [1.165, 1.54) is 88.4 Å². The van der Waals surface area contributed by atoms with Crippen molar-refractivity contribution in [1.82, 2.24) is 18.2 Å². The Morgan fingerprint density at radius 2 is 0.934 bits per heavy atom. The molecule has 0 fully saturated rings. The van der Waals surface area contributed by atoms with E-state index in [2.05, 4.69) is 15.3 Å². The van der Waals surface area contributed by atoms with Crippen LogP contribution >= 0.6 is 0 Å². The maximum atomic E-state index is 15.3. The van der Waals surface area contributed by atoms with Crippen molar-refractivity contribution in [1.29, 1.82) is 0 Å². The molecule has 0 aromatic heterocycles. The summed E-state index contributed by atoms with van der Waals surface area (Å²) in [7, 11) is -9.69. The fourth-order valence-corrected chi connectivity index (χ4v) is 13.0. The number of nitrogens with one attached hydrogen (secondary N) is 1. The van der Waals surface area contributed by atoms with Gasteiger partial charge >= 0.3 is 52.4 Å². The predicted molar refractivity (Wildman–Crippen MR) is 394 cm³/mol. The number of esters is 4. The van der Waals surface area contributed by atoms with Crippen LogP contribution < -0.4 is 14.8 Å². The maximum Gasteiger partial charge on any atom is 0.434 e. The SMILES string of the molecule is CC(=O)C[C@@H](C(=O)OC(C)(C)C)N(CCOCCOCCN([C@@H](CC(C)=O)C(=O)OC(C)(C)C)S(=O)(=O)N(Cc1ccc(OC(=O)c2ccc(N=C(C)NC(=O)OC(C)(C)C)cc2)cc1)C(=O)OCc1ccccc1)S(=O)(=O)CCc1ccc(OC(=O)c2ccc(CC(C)=NC(=O)OC(C)(C)C)cc2)cc1. The highest BCUT2D eigenvalue weighted by Crippen LogP contribution is 2.27. The molecule has 106 heavy (non-hydrogen) atoms. The number of hydrogen-bond acceptors (Lipinski definition) is 23. The van der Waals surface area contributed by atoms with Gasteiger partial charge in [0.15, 0.2) is 0 Å². The molecule has 28 nitrogen and oxygen atoms in total. The first-order valence-corrected chi connectivity index (χ1v) is 37.1. The van der Waals surface area contributed by atoms with E-state index in [-0.39, 0.29) is 66.9 Å². The van der Waals surface area contributed by atoms with Crippen molar-refractivity contribution in [3.05, 3.63) is 161 Å². The highest BCUT2D eigenvalue weighted by Gasteiger charge is 2.44. The quantitative estimate of drug-likeness (QED) is 0.00998. The zero-order valence-electron chi connectivity index (χ0n) is 63.0. The van der Waals surface area contributed by atoms with E-state index in [9.17, 15) is 51.6 Å². The van der Waals surface area contributed by atoms with Gasteiger partial charge in [-0.2, -0.15) is 26.3 Å². The molecular weight excluding hydrogens is 1410 g/mol. The molecule has 5 aromatic carbocycles. The molecule has 0 aliphatic carbocycles. The summed E-state index contributed by atoms with van der Waals surface area (Å²) in [6, 6.07) is 29.0. The number of nitrogens with zero attached hydrogens (tertiary/aromatic N) is 5. The number of aryl methyl sites for hydroxylation is 1. The molecule has 0 bridgehead atoms. The second-order valence-corrected chi connectivity index (χ2v) is 32.5. The summed E-state index contributed by atoms with van der Waals surface area (Å²) >= 11 is 0. The normalized spacial score (nSPS) is 13.0. The molecular formula is C76H98N6O22S2. The maximum absolute atomic E-state index is 15.3. The Morgan fingerprint density at radius 1 is 0.491 bits per heavy atom. The third kappa shape index (κ3) is 31.2. The fraction of sp³-hybridized carbons (Fsp3) is 0.461. The third-order valence-corrected chi connectivity index (χ3v) is 18.0. The number of carbonyl (C=O) groups is 9. The third-order valence-electron chi connectivity index (χ3n) is 14.3. The zero-order chi connectivity index (χ0) is 79.0. The number of ketones is 2. The Labute approximate surface area is 620 Å². The minimum absolute atomic E-state index is 0.0299. The number of amides is 3. The Morgan fingerprint density at radius 3 is 1.41 bits per heavy atom. The average Bonchev–Trinajstić information content (AvgIpc) is 0.784. The van der Waals surface area contributed by atoms with Crippen molar-refractivity contribution in [2.45, 2.75) is 184 Å². The molecule has 0 radical (unpaired) electrons. The van der Waals surface area contributed by atoms with Gasteiger partial charge in [-0.1, -0.05) is 66.7 Å². The van der Waals surface area contributed by atoms with Gasteiger partial charge in [0.1, 0.15) is 70.0 Å². The predicted octanol–water partition coefficient (Wildman–Crippen LogP) is 11.6. The van der Waals surface area contributed by atoms with Gasteiger partial charge in [-0.05, 0) is 200 Å². The number of aliphatic imine (C=N–C) groups is 2. The van der Waals surface area contributed by atoms with Gasteiger partial charge in [0, 0.05) is 38.1 Å². The number of benzene rings is 5. The van der Waals surface area contributed by atoms with E-state index in [0.717, 1.165) is 16.8 Å². The Kier molecular flexibility index (Phi) is 32.1. The van der Waals surface area contributed by atoms with Crippen LogP contribution in [-0.2, 0) is 98.6 Å². The minimum atomic E-state index is -5.26. The van der Waals surface area contributed by atoms with Crippen LogP contribution in [0.15, 0.2) is 137 Å². The first kappa shape index (κ1) is 87.0. The lowest BCUT2D eigenvalue weighted by molar-refractivity contribution is -0.161. The molecule has 3 amide bonds. The van der Waals surface area contributed by atoms with Gasteiger partial charge in [0.25, 0.3) is 0 Å². The summed E-state index contributed by atoms with van der Waals surface area (Å²) in [5.41, 5.74) is -0.483. The Balaban J connectivity index is 1.31. The second kappa shape index (κ2) is 39.1. The van der Waals surface area contributed by atoms with Crippen molar-refractivity contribution in [2.24, 2.45) is 9.98 Å². The lowest BCUT2D eigenvalue weighted by Crippen LogP contribution is -2.55. The zero-order valence-corrected chi connectivity index (χ0v) is 64.6. The van der Waals surface area contributed by atoms with Gasteiger partial charge in [-0.15, -0.1) is 0 Å². The number of hydrogen-bond donors (Lipinski definition) is 1. The van der Waals surface area contributed by atoms with Crippen molar-refractivity contribution in [3.63, 3.8) is 0 Å². The number of amidine groups is 1. The Bertz CT molecular complexity index is 4140. The highest BCUT2D eigenvalue weighted by molar-refractivity contribution is 7.89. The van der Waals surface area contributed by atoms with Crippen LogP contribution in [0.4, 0.5) is 20.1 Å². The molecule has 0 aliphatic rings. The van der Waals surface area contributed by atoms with Crippen molar-refractivity contribution in [2.75, 3.05) is 45.3 Å². The van der Waals surface area contributed by atoms with E-state index >= 15 is 8.42 Å². The largest absolute Gasteiger partial charge is 0.459 e. The number of ether oxygens (including phenoxy) is 9. The molecule has 0 saturated carbocycles. The first-order valence-electron chi connectivity index (χ1n) is 34.1. The number of rotatable bonds is 34. The lowest BCUT2D eigenvalue weighted by atomic mass is 10.1. The average molecular weight is 1510 g/mol. The van der Waals surface area contributed by atoms with E-state index in [4.69, 9.17) is 42.6 Å². The summed E-state index contributed by atoms with van der Waals surface area (Å²) < 4.78 is 112. The molecule has 0 heterocycles. The summed E-state index contributed by atoms with van der Waals surface area (Å²) in [6.07, 6.45) is -3.80. The molecule has 0 aliphatic heterocycles. The Hall–Kier alpha value is -9.59. The van der Waals surface area contributed by atoms with Gasteiger partial charge in [0.05, 0.1) is 55.5 Å². The summed E-state index contributed by atoms with van der Waals surface area (Å²) in [6.45, 7) is 21.7. The van der Waals surface area contributed by atoms with Crippen molar-refractivity contribution in [3.8, 4) is 11.5 Å². The van der Waals surface area contributed by atoms with Crippen molar-refractivity contribution >= 4 is 91.2 Å². The number of carbonyl (C=O) groups excluding carboxylic acids is 9. The van der Waals surface area contributed by atoms with Crippen LogP contribution in [0.5, 0.6) is 11.5 Å². The molecule has 576 valence electrons. The van der Waals surface area contributed by atoms with Crippen LogP contribution in [0, 0.1) is 0 Å².